The van der Waals surface area contributed by atoms with Crippen molar-refractivity contribution in [3.8, 4) is 0 Å². The summed E-state index contributed by atoms with van der Waals surface area (Å²) in [5.41, 5.74) is 0. The Balaban J connectivity index is 3.13. The Kier molecular flexibility index (Phi) is 25.5. The molecule has 0 saturated carbocycles. The third-order valence-corrected chi connectivity index (χ3v) is 6.30. The van der Waals surface area contributed by atoms with Crippen molar-refractivity contribution < 1.29 is 0 Å². The fourth-order valence-electron chi connectivity index (χ4n) is 4.19. The molecule has 0 heterocycles. The number of unbranched alkanes of at least 4 members (excludes halogenated alkanes) is 18. The average Bonchev–Trinajstić information content (AvgIpc) is 2.72. The number of hydrogen-bond donors (Lipinski definition) is 0. The molecule has 0 aromatic rings. The molecule has 172 valence electrons. The topological polar surface area (TPSA) is 0 Å². The molecular formula is C29H56. The van der Waals surface area contributed by atoms with E-state index in [1.54, 1.807) is 0 Å². The maximum Gasteiger partial charge on any atom is -0.0351 e. The standard InChI is InChI=1S/C29H56/c1-4-6-8-10-11-12-13-14-15-16-17-18-19-20-21-22-24-26-28-29(3)27-25-23-9-7-5-2/h12-13,29H,1-2,4-11,14-28H2,3H3/b13-12+. The third kappa shape index (κ3) is 25.7. The predicted molar refractivity (Wildman–Crippen MR) is 135 cm³/mol. The SMILES string of the molecule is [CH2]CCCCC/C=C/CCCCCCCCCCCCC(C)CCCCCC[CH2]. The molecule has 0 saturated heterocycles. The van der Waals surface area contributed by atoms with Gasteiger partial charge in [0, 0.05) is 0 Å². The van der Waals surface area contributed by atoms with Crippen LogP contribution in [0.15, 0.2) is 12.2 Å². The minimum Gasteiger partial charge on any atom is -0.0885 e. The molecule has 29 heavy (non-hydrogen) atoms. The molecule has 0 rings (SSSR count). The highest BCUT2D eigenvalue weighted by Crippen LogP contribution is 2.18. The van der Waals surface area contributed by atoms with E-state index >= 15 is 0 Å². The zero-order chi connectivity index (χ0) is 21.3. The first-order valence-corrected chi connectivity index (χ1v) is 13.5. The van der Waals surface area contributed by atoms with E-state index in [-0.39, 0.29) is 0 Å². The molecule has 0 aliphatic rings. The lowest BCUT2D eigenvalue weighted by Gasteiger charge is -2.11. The Morgan fingerprint density at radius 2 is 0.759 bits per heavy atom. The molecule has 0 aliphatic heterocycles. The Hall–Kier alpha value is -0.260. The monoisotopic (exact) mass is 404 g/mol. The Morgan fingerprint density at radius 3 is 1.17 bits per heavy atom. The van der Waals surface area contributed by atoms with Crippen molar-refractivity contribution in [2.45, 2.75) is 155 Å². The van der Waals surface area contributed by atoms with Gasteiger partial charge in [-0.1, -0.05) is 155 Å². The molecule has 0 N–H and O–H groups in total. The van der Waals surface area contributed by atoms with E-state index in [2.05, 4.69) is 32.9 Å². The predicted octanol–water partition coefficient (Wildman–Crippen LogP) is 10.8. The van der Waals surface area contributed by atoms with E-state index in [0.29, 0.717) is 0 Å². The van der Waals surface area contributed by atoms with Crippen LogP contribution in [0.3, 0.4) is 0 Å². The summed E-state index contributed by atoms with van der Waals surface area (Å²) in [5, 5.41) is 0. The summed E-state index contributed by atoms with van der Waals surface area (Å²) in [6.45, 7) is 10.3. The van der Waals surface area contributed by atoms with Crippen molar-refractivity contribution >= 4 is 0 Å². The van der Waals surface area contributed by atoms with Crippen LogP contribution in [-0.4, -0.2) is 0 Å². The Morgan fingerprint density at radius 1 is 0.448 bits per heavy atom. The number of rotatable bonds is 24. The van der Waals surface area contributed by atoms with Crippen LogP contribution in [0.4, 0.5) is 0 Å². The molecule has 1 atom stereocenters. The average molecular weight is 405 g/mol. The molecule has 2 radical (unpaired) electrons. The zero-order valence-corrected chi connectivity index (χ0v) is 20.4. The summed E-state index contributed by atoms with van der Waals surface area (Å²) < 4.78 is 0. The molecule has 0 fully saturated rings. The lowest BCUT2D eigenvalue weighted by molar-refractivity contribution is 0.432. The highest BCUT2D eigenvalue weighted by molar-refractivity contribution is 4.81. The van der Waals surface area contributed by atoms with Crippen molar-refractivity contribution in [2.24, 2.45) is 5.92 Å². The second kappa shape index (κ2) is 25.8. The van der Waals surface area contributed by atoms with Gasteiger partial charge in [-0.3, -0.25) is 0 Å². The lowest BCUT2D eigenvalue weighted by atomic mass is 9.96. The highest BCUT2D eigenvalue weighted by Gasteiger charge is 2.02. The van der Waals surface area contributed by atoms with E-state index in [1.807, 2.05) is 0 Å². The summed E-state index contributed by atoms with van der Waals surface area (Å²) in [7, 11) is 0. The highest BCUT2D eigenvalue weighted by atomic mass is 14.1. The van der Waals surface area contributed by atoms with Crippen LogP contribution in [0.5, 0.6) is 0 Å². The maximum atomic E-state index is 3.93. The molecule has 0 spiro atoms. The molecule has 0 bridgehead atoms. The van der Waals surface area contributed by atoms with Gasteiger partial charge in [0.1, 0.15) is 0 Å². The Labute approximate surface area is 186 Å². The molecule has 0 aromatic heterocycles. The van der Waals surface area contributed by atoms with Crippen LogP contribution in [-0.2, 0) is 0 Å². The van der Waals surface area contributed by atoms with Crippen molar-refractivity contribution in [3.05, 3.63) is 26.0 Å². The van der Waals surface area contributed by atoms with Gasteiger partial charge in [-0.2, -0.15) is 0 Å². The van der Waals surface area contributed by atoms with Gasteiger partial charge in [-0.15, -0.1) is 0 Å². The van der Waals surface area contributed by atoms with Gasteiger partial charge < -0.3 is 0 Å². The van der Waals surface area contributed by atoms with Gasteiger partial charge in [0.2, 0.25) is 0 Å². The van der Waals surface area contributed by atoms with Crippen molar-refractivity contribution in [2.75, 3.05) is 0 Å². The van der Waals surface area contributed by atoms with Crippen LogP contribution < -0.4 is 0 Å². The molecular weight excluding hydrogens is 348 g/mol. The molecule has 0 amide bonds. The number of hydrogen-bond acceptors (Lipinski definition) is 0. The normalized spacial score (nSPS) is 12.8. The fraction of sp³-hybridized carbons (Fsp3) is 0.862. The van der Waals surface area contributed by atoms with Crippen LogP contribution >= 0.6 is 0 Å². The molecule has 1 unspecified atom stereocenters. The van der Waals surface area contributed by atoms with E-state index in [9.17, 15) is 0 Å². The van der Waals surface area contributed by atoms with Crippen LogP contribution in [0.25, 0.3) is 0 Å². The van der Waals surface area contributed by atoms with E-state index in [1.165, 1.54) is 135 Å². The fourth-order valence-corrected chi connectivity index (χ4v) is 4.19. The summed E-state index contributed by atoms with van der Waals surface area (Å²) >= 11 is 0. The maximum absolute atomic E-state index is 3.93. The van der Waals surface area contributed by atoms with Gasteiger partial charge >= 0.3 is 0 Å². The van der Waals surface area contributed by atoms with E-state index in [4.69, 9.17) is 0 Å². The van der Waals surface area contributed by atoms with Gasteiger partial charge in [0.15, 0.2) is 0 Å². The first-order chi connectivity index (χ1) is 14.3. The first kappa shape index (κ1) is 28.7. The summed E-state index contributed by atoms with van der Waals surface area (Å²) in [6.07, 6.45) is 36.6. The van der Waals surface area contributed by atoms with Crippen LogP contribution in [0, 0.1) is 19.8 Å². The summed E-state index contributed by atoms with van der Waals surface area (Å²) in [5.74, 6) is 0.947. The molecule has 0 heteroatoms. The second-order valence-corrected chi connectivity index (χ2v) is 9.45. The van der Waals surface area contributed by atoms with Crippen molar-refractivity contribution in [1.29, 1.82) is 0 Å². The first-order valence-electron chi connectivity index (χ1n) is 13.5. The van der Waals surface area contributed by atoms with Crippen LogP contribution in [0.1, 0.15) is 155 Å². The van der Waals surface area contributed by atoms with Gasteiger partial charge in [-0.25, -0.2) is 0 Å². The quantitative estimate of drug-likeness (QED) is 0.111. The minimum atomic E-state index is 0.947. The lowest BCUT2D eigenvalue weighted by Crippen LogP contribution is -1.95. The minimum absolute atomic E-state index is 0.947. The largest absolute Gasteiger partial charge is 0.0885 e. The van der Waals surface area contributed by atoms with Gasteiger partial charge in [0.05, 0.1) is 0 Å². The van der Waals surface area contributed by atoms with E-state index < -0.39 is 0 Å². The van der Waals surface area contributed by atoms with Crippen molar-refractivity contribution in [3.63, 3.8) is 0 Å². The summed E-state index contributed by atoms with van der Waals surface area (Å²) in [6, 6.07) is 0. The molecule has 0 aliphatic carbocycles. The smallest absolute Gasteiger partial charge is 0.0351 e. The van der Waals surface area contributed by atoms with Crippen LogP contribution in [0.2, 0.25) is 0 Å². The zero-order valence-electron chi connectivity index (χ0n) is 20.4. The molecule has 0 nitrogen and oxygen atoms in total. The van der Waals surface area contributed by atoms with E-state index in [0.717, 1.165) is 18.8 Å². The molecule has 0 aromatic carbocycles. The third-order valence-electron chi connectivity index (χ3n) is 6.30. The van der Waals surface area contributed by atoms with Gasteiger partial charge in [0.25, 0.3) is 0 Å². The van der Waals surface area contributed by atoms with Gasteiger partial charge in [-0.05, 0) is 31.6 Å². The Bertz CT molecular complexity index is 303. The second-order valence-electron chi connectivity index (χ2n) is 9.45. The van der Waals surface area contributed by atoms with Crippen molar-refractivity contribution in [1.82, 2.24) is 0 Å². The number of allylic oxidation sites excluding steroid dienone is 2. The summed E-state index contributed by atoms with van der Waals surface area (Å²) in [4.78, 5) is 0.